The SMILES string of the molecule is CC1OCCC1C(=O)N1CCC(OCCN)CC1. The maximum atomic E-state index is 12.3. The first-order valence-electron chi connectivity index (χ1n) is 6.94. The molecule has 104 valence electrons. The maximum absolute atomic E-state index is 12.3. The number of hydrogen-bond donors (Lipinski definition) is 1. The lowest BCUT2D eigenvalue weighted by Crippen LogP contribution is -2.45. The second kappa shape index (κ2) is 6.50. The molecule has 18 heavy (non-hydrogen) atoms. The van der Waals surface area contributed by atoms with Crippen LogP contribution in [-0.4, -0.2) is 55.9 Å². The molecule has 1 amide bonds. The molecule has 2 atom stereocenters. The summed E-state index contributed by atoms with van der Waals surface area (Å²) in [7, 11) is 0. The van der Waals surface area contributed by atoms with E-state index in [1.165, 1.54) is 0 Å². The molecule has 2 N–H and O–H groups in total. The van der Waals surface area contributed by atoms with E-state index in [4.69, 9.17) is 15.2 Å². The fourth-order valence-electron chi connectivity index (χ4n) is 2.77. The Morgan fingerprint density at radius 3 is 2.67 bits per heavy atom. The Hall–Kier alpha value is -0.650. The van der Waals surface area contributed by atoms with Gasteiger partial charge in [0.05, 0.1) is 24.7 Å². The van der Waals surface area contributed by atoms with E-state index < -0.39 is 0 Å². The average Bonchev–Trinajstić information content (AvgIpc) is 2.82. The number of nitrogens with zero attached hydrogens (tertiary/aromatic N) is 1. The molecule has 0 saturated carbocycles. The number of carbonyl (C=O) groups excluding carboxylic acids is 1. The number of nitrogens with two attached hydrogens (primary N) is 1. The van der Waals surface area contributed by atoms with Crippen molar-refractivity contribution in [3.05, 3.63) is 0 Å². The van der Waals surface area contributed by atoms with E-state index in [2.05, 4.69) is 0 Å². The first kappa shape index (κ1) is 13.8. The summed E-state index contributed by atoms with van der Waals surface area (Å²) in [4.78, 5) is 14.3. The Kier molecular flexibility index (Phi) is 4.97. The van der Waals surface area contributed by atoms with Crippen LogP contribution in [0.25, 0.3) is 0 Å². The lowest BCUT2D eigenvalue weighted by Gasteiger charge is -2.34. The van der Waals surface area contributed by atoms with Crippen molar-refractivity contribution < 1.29 is 14.3 Å². The molecule has 2 saturated heterocycles. The van der Waals surface area contributed by atoms with Gasteiger partial charge in [0.1, 0.15) is 0 Å². The van der Waals surface area contributed by atoms with Crippen LogP contribution in [-0.2, 0) is 14.3 Å². The van der Waals surface area contributed by atoms with E-state index in [1.54, 1.807) is 0 Å². The van der Waals surface area contributed by atoms with Gasteiger partial charge in [0.15, 0.2) is 0 Å². The van der Waals surface area contributed by atoms with Crippen LogP contribution in [0.2, 0.25) is 0 Å². The normalized spacial score (nSPS) is 29.8. The first-order valence-corrected chi connectivity index (χ1v) is 6.94. The molecule has 5 nitrogen and oxygen atoms in total. The van der Waals surface area contributed by atoms with E-state index in [0.29, 0.717) is 19.8 Å². The molecule has 2 unspecified atom stereocenters. The molecule has 0 bridgehead atoms. The smallest absolute Gasteiger partial charge is 0.228 e. The molecule has 0 aromatic carbocycles. The van der Waals surface area contributed by atoms with Gasteiger partial charge in [0.2, 0.25) is 5.91 Å². The summed E-state index contributed by atoms with van der Waals surface area (Å²) in [6, 6.07) is 0. The largest absolute Gasteiger partial charge is 0.378 e. The number of likely N-dealkylation sites (tertiary alicyclic amines) is 1. The van der Waals surface area contributed by atoms with Gasteiger partial charge in [-0.3, -0.25) is 4.79 Å². The average molecular weight is 256 g/mol. The molecule has 0 aliphatic carbocycles. The molecular formula is C13H24N2O3. The second-order valence-electron chi connectivity index (χ2n) is 5.16. The maximum Gasteiger partial charge on any atom is 0.228 e. The second-order valence-corrected chi connectivity index (χ2v) is 5.16. The summed E-state index contributed by atoms with van der Waals surface area (Å²) in [5.74, 6) is 0.323. The molecule has 2 aliphatic heterocycles. The van der Waals surface area contributed by atoms with Crippen molar-refractivity contribution in [2.75, 3.05) is 32.8 Å². The Morgan fingerprint density at radius 2 is 2.11 bits per heavy atom. The molecule has 2 rings (SSSR count). The van der Waals surface area contributed by atoms with Crippen LogP contribution in [0.4, 0.5) is 0 Å². The number of carbonyl (C=O) groups is 1. The van der Waals surface area contributed by atoms with E-state index in [0.717, 1.165) is 32.4 Å². The molecular weight excluding hydrogens is 232 g/mol. The summed E-state index contributed by atoms with van der Waals surface area (Å²) in [6.45, 7) is 5.50. The minimum absolute atomic E-state index is 0.0616. The third-order valence-corrected chi connectivity index (χ3v) is 3.92. The van der Waals surface area contributed by atoms with E-state index in [9.17, 15) is 4.79 Å². The molecule has 2 fully saturated rings. The summed E-state index contributed by atoms with van der Waals surface area (Å²) in [5.41, 5.74) is 5.42. The van der Waals surface area contributed by atoms with Gasteiger partial charge >= 0.3 is 0 Å². The first-order chi connectivity index (χ1) is 8.72. The van der Waals surface area contributed by atoms with Crippen molar-refractivity contribution in [3.8, 4) is 0 Å². The van der Waals surface area contributed by atoms with Gasteiger partial charge in [-0.2, -0.15) is 0 Å². The zero-order chi connectivity index (χ0) is 13.0. The van der Waals surface area contributed by atoms with Crippen molar-refractivity contribution in [1.82, 2.24) is 4.90 Å². The highest BCUT2D eigenvalue weighted by Gasteiger charge is 2.35. The highest BCUT2D eigenvalue weighted by atomic mass is 16.5. The Morgan fingerprint density at radius 1 is 1.39 bits per heavy atom. The van der Waals surface area contributed by atoms with Crippen molar-refractivity contribution in [3.63, 3.8) is 0 Å². The zero-order valence-corrected chi connectivity index (χ0v) is 11.1. The monoisotopic (exact) mass is 256 g/mol. The van der Waals surface area contributed by atoms with Crippen molar-refractivity contribution in [1.29, 1.82) is 0 Å². The van der Waals surface area contributed by atoms with E-state index >= 15 is 0 Å². The number of ether oxygens (including phenoxy) is 2. The van der Waals surface area contributed by atoms with Crippen LogP contribution >= 0.6 is 0 Å². The highest BCUT2D eigenvalue weighted by molar-refractivity contribution is 5.79. The molecule has 2 heterocycles. The Balaban J connectivity index is 1.77. The van der Waals surface area contributed by atoms with Gasteiger partial charge < -0.3 is 20.1 Å². The zero-order valence-electron chi connectivity index (χ0n) is 11.1. The summed E-state index contributed by atoms with van der Waals surface area (Å²) in [6.07, 6.45) is 3.06. The molecule has 0 aromatic rings. The van der Waals surface area contributed by atoms with Gasteiger partial charge in [-0.15, -0.1) is 0 Å². The summed E-state index contributed by atoms with van der Waals surface area (Å²) < 4.78 is 11.1. The fourth-order valence-corrected chi connectivity index (χ4v) is 2.77. The van der Waals surface area contributed by atoms with Crippen LogP contribution in [0.5, 0.6) is 0 Å². The molecule has 0 spiro atoms. The molecule has 5 heteroatoms. The molecule has 0 radical (unpaired) electrons. The lowest BCUT2D eigenvalue weighted by atomic mass is 9.99. The topological polar surface area (TPSA) is 64.8 Å². The van der Waals surface area contributed by atoms with E-state index in [-0.39, 0.29) is 24.0 Å². The standard InChI is InChI=1S/C13H24N2O3/c1-10-12(4-8-17-10)13(16)15-6-2-11(3-7-15)18-9-5-14/h10-12H,2-9,14H2,1H3. The minimum Gasteiger partial charge on any atom is -0.378 e. The summed E-state index contributed by atoms with van der Waals surface area (Å²) >= 11 is 0. The predicted octanol–water partition coefficient (Wildman–Crippen LogP) is 0.378. The van der Waals surface area contributed by atoms with Gasteiger partial charge in [-0.1, -0.05) is 0 Å². The predicted molar refractivity (Wildman–Crippen MR) is 68.1 cm³/mol. The summed E-state index contributed by atoms with van der Waals surface area (Å²) in [5, 5.41) is 0. The van der Waals surface area contributed by atoms with Crippen LogP contribution in [0, 0.1) is 5.92 Å². The van der Waals surface area contributed by atoms with Crippen LogP contribution in [0.1, 0.15) is 26.2 Å². The van der Waals surface area contributed by atoms with Crippen molar-refractivity contribution >= 4 is 5.91 Å². The van der Waals surface area contributed by atoms with Crippen LogP contribution < -0.4 is 5.73 Å². The van der Waals surface area contributed by atoms with Gasteiger partial charge in [0, 0.05) is 26.2 Å². The fraction of sp³-hybridized carbons (Fsp3) is 0.923. The third kappa shape index (κ3) is 3.22. The van der Waals surface area contributed by atoms with Crippen LogP contribution in [0.3, 0.4) is 0 Å². The van der Waals surface area contributed by atoms with Crippen molar-refractivity contribution in [2.45, 2.75) is 38.4 Å². The van der Waals surface area contributed by atoms with Gasteiger partial charge in [0.25, 0.3) is 0 Å². The van der Waals surface area contributed by atoms with Gasteiger partial charge in [-0.25, -0.2) is 0 Å². The third-order valence-electron chi connectivity index (χ3n) is 3.92. The van der Waals surface area contributed by atoms with E-state index in [1.807, 2.05) is 11.8 Å². The Bertz CT molecular complexity index is 277. The molecule has 2 aliphatic rings. The van der Waals surface area contributed by atoms with Crippen LogP contribution in [0.15, 0.2) is 0 Å². The number of piperidine rings is 1. The molecule has 0 aromatic heterocycles. The van der Waals surface area contributed by atoms with Crippen molar-refractivity contribution in [2.24, 2.45) is 11.7 Å². The Labute approximate surface area is 109 Å². The number of hydrogen-bond acceptors (Lipinski definition) is 4. The van der Waals surface area contributed by atoms with Gasteiger partial charge in [-0.05, 0) is 26.2 Å². The minimum atomic E-state index is 0.0616. The lowest BCUT2D eigenvalue weighted by molar-refractivity contribution is -0.139. The quantitative estimate of drug-likeness (QED) is 0.789. The number of amides is 1. The number of rotatable bonds is 4. The highest BCUT2D eigenvalue weighted by Crippen LogP contribution is 2.24.